The first kappa shape index (κ1) is 18.2. The summed E-state index contributed by atoms with van der Waals surface area (Å²) in [6, 6.07) is 0. The molecule has 122 valence electrons. The van der Waals surface area contributed by atoms with Crippen molar-refractivity contribution in [1.29, 1.82) is 0 Å². The molecule has 0 radical (unpaired) electrons. The molecule has 0 aromatic rings. The molecule has 0 amide bonds. The van der Waals surface area contributed by atoms with Crippen LogP contribution in [0.15, 0.2) is 45.6 Å². The van der Waals surface area contributed by atoms with E-state index in [-0.39, 0.29) is 48.0 Å². The predicted octanol–water partition coefficient (Wildman–Crippen LogP) is -0.0752. The smallest absolute Gasteiger partial charge is 1.00 e. The van der Waals surface area contributed by atoms with E-state index >= 15 is 0 Å². The van der Waals surface area contributed by atoms with Gasteiger partial charge in [0.2, 0.25) is 0 Å². The van der Waals surface area contributed by atoms with E-state index in [0.29, 0.717) is 0 Å². The number of halogens is 2. The third-order valence-corrected chi connectivity index (χ3v) is 11.5. The Morgan fingerprint density at radius 3 is 1.65 bits per heavy atom. The molecule has 0 nitrogen and oxygen atoms in total. The normalized spacial score (nSPS) is 33.7. The summed E-state index contributed by atoms with van der Waals surface area (Å²) < 4.78 is 1.99. The topological polar surface area (TPSA) is 0 Å². The van der Waals surface area contributed by atoms with Gasteiger partial charge in [0.25, 0.3) is 0 Å². The molecular weight excluding hydrogens is 402 g/mol. The van der Waals surface area contributed by atoms with Gasteiger partial charge in [-0.3, -0.25) is 0 Å². The van der Waals surface area contributed by atoms with E-state index in [1.54, 1.807) is 11.1 Å². The summed E-state index contributed by atoms with van der Waals surface area (Å²) >= 11 is -0.377. The molecule has 0 N–H and O–H groups in total. The molecule has 5 rings (SSSR count). The Kier molecular flexibility index (Phi) is 5.52. The summed E-state index contributed by atoms with van der Waals surface area (Å²) in [6.07, 6.45) is 16.8. The molecular formula is C20H24Cl2Zr. The van der Waals surface area contributed by atoms with Crippen molar-refractivity contribution < 1.29 is 48.0 Å². The first-order chi connectivity index (χ1) is 10.3. The number of fused-ring (bicyclic) bond motifs is 4. The molecule has 0 aromatic heterocycles. The molecule has 1 aliphatic heterocycles. The van der Waals surface area contributed by atoms with Crippen molar-refractivity contribution in [3.05, 3.63) is 45.6 Å². The summed E-state index contributed by atoms with van der Waals surface area (Å²) in [5, 5.41) is 0. The van der Waals surface area contributed by atoms with Crippen molar-refractivity contribution in [3.8, 4) is 0 Å². The molecule has 23 heavy (non-hydrogen) atoms. The summed E-state index contributed by atoms with van der Waals surface area (Å²) in [4.78, 5) is 0. The molecule has 1 fully saturated rings. The zero-order chi connectivity index (χ0) is 14.0. The average Bonchev–Trinajstić information content (AvgIpc) is 3.07. The van der Waals surface area contributed by atoms with Crippen molar-refractivity contribution >= 4 is 0 Å². The second-order valence-corrected chi connectivity index (χ2v) is 11.2. The van der Waals surface area contributed by atoms with E-state index in [1.807, 2.05) is 22.3 Å². The minimum Gasteiger partial charge on any atom is -1.00 e. The number of rotatable bonds is 0. The maximum Gasteiger partial charge on any atom is -1.00 e. The molecule has 3 heteroatoms. The van der Waals surface area contributed by atoms with E-state index in [0.717, 1.165) is 13.2 Å². The van der Waals surface area contributed by atoms with Crippen LogP contribution in [0.1, 0.15) is 58.3 Å². The Hall–Kier alpha value is 0.423. The molecule has 5 aliphatic rings. The largest absolute Gasteiger partial charge is 1.00 e. The van der Waals surface area contributed by atoms with E-state index in [4.69, 9.17) is 0 Å². The minimum atomic E-state index is -0.377. The first-order valence-electron chi connectivity index (χ1n) is 8.96. The quantitative estimate of drug-likeness (QED) is 0.509. The summed E-state index contributed by atoms with van der Waals surface area (Å²) in [6.45, 7) is 2.52. The fourth-order valence-corrected chi connectivity index (χ4v) is 11.4. The Morgan fingerprint density at radius 1 is 0.739 bits per heavy atom. The second-order valence-electron chi connectivity index (χ2n) is 7.56. The standard InChI is InChI=1S/C20H24.2ClH.Zr/c1-14(19-10-15-6-2-3-7-16(15)11-19)20-12-17-8-4-5-9-18(17)13-20;;;/h10-14H,2-9H2,1H3;2*1H;/q;;;+2/p-2. The summed E-state index contributed by atoms with van der Waals surface area (Å²) in [5.74, 6) is 0.755. The first-order valence-corrected chi connectivity index (χ1v) is 11.8. The van der Waals surface area contributed by atoms with Crippen molar-refractivity contribution in [2.45, 2.75) is 65.5 Å². The maximum atomic E-state index is 2.67. The van der Waals surface area contributed by atoms with Gasteiger partial charge in [0.05, 0.1) is 0 Å². The maximum absolute atomic E-state index is 2.67. The van der Waals surface area contributed by atoms with Crippen LogP contribution in [-0.4, -0.2) is 0 Å². The summed E-state index contributed by atoms with van der Waals surface area (Å²) in [5.41, 5.74) is 11.1. The van der Waals surface area contributed by atoms with Crippen LogP contribution in [0.25, 0.3) is 0 Å². The van der Waals surface area contributed by atoms with Crippen LogP contribution in [-0.2, 0) is 23.2 Å². The van der Waals surface area contributed by atoms with Gasteiger partial charge in [0.1, 0.15) is 0 Å². The predicted molar refractivity (Wildman–Crippen MR) is 83.8 cm³/mol. The Labute approximate surface area is 164 Å². The molecule has 0 aromatic carbocycles. The van der Waals surface area contributed by atoms with Crippen molar-refractivity contribution in [3.63, 3.8) is 0 Å². The molecule has 2 atom stereocenters. The molecule has 0 bridgehead atoms. The van der Waals surface area contributed by atoms with Crippen LogP contribution in [0.5, 0.6) is 0 Å². The Morgan fingerprint density at radius 2 is 1.17 bits per heavy atom. The van der Waals surface area contributed by atoms with Crippen LogP contribution in [0.3, 0.4) is 0 Å². The van der Waals surface area contributed by atoms with Crippen LogP contribution in [0.2, 0.25) is 7.25 Å². The van der Waals surface area contributed by atoms with Gasteiger partial charge in [-0.05, 0) is 0 Å². The zero-order valence-electron chi connectivity index (χ0n) is 13.8. The summed E-state index contributed by atoms with van der Waals surface area (Å²) in [7, 11) is 0. The van der Waals surface area contributed by atoms with Crippen LogP contribution in [0, 0.1) is 5.92 Å². The van der Waals surface area contributed by atoms with Crippen LogP contribution in [0.4, 0.5) is 0 Å². The fourth-order valence-electron chi connectivity index (χ4n) is 5.37. The van der Waals surface area contributed by atoms with Gasteiger partial charge in [0, 0.05) is 0 Å². The van der Waals surface area contributed by atoms with Crippen molar-refractivity contribution in [1.82, 2.24) is 0 Å². The third-order valence-electron chi connectivity index (χ3n) is 6.49. The van der Waals surface area contributed by atoms with Gasteiger partial charge < -0.3 is 24.8 Å². The Balaban J connectivity index is 0.000000781. The number of hydrogen-bond donors (Lipinski definition) is 0. The third kappa shape index (κ3) is 2.74. The van der Waals surface area contributed by atoms with Crippen LogP contribution >= 0.6 is 0 Å². The average molecular weight is 427 g/mol. The zero-order valence-corrected chi connectivity index (χ0v) is 17.8. The Bertz CT molecular complexity index is 584. The molecule has 0 spiro atoms. The minimum absolute atomic E-state index is 0. The number of hydrogen-bond acceptors (Lipinski definition) is 0. The molecule has 4 aliphatic carbocycles. The van der Waals surface area contributed by atoms with Crippen molar-refractivity contribution in [2.75, 3.05) is 0 Å². The van der Waals surface area contributed by atoms with Gasteiger partial charge in [0.15, 0.2) is 0 Å². The molecule has 1 saturated heterocycles. The number of allylic oxidation sites excluding steroid dienone is 8. The monoisotopic (exact) mass is 424 g/mol. The van der Waals surface area contributed by atoms with Gasteiger partial charge >= 0.3 is 140 Å². The molecule has 0 saturated carbocycles. The molecule has 2 unspecified atom stereocenters. The van der Waals surface area contributed by atoms with E-state index < -0.39 is 0 Å². The fraction of sp³-hybridized carbons (Fsp3) is 0.600. The van der Waals surface area contributed by atoms with E-state index in [2.05, 4.69) is 19.1 Å². The van der Waals surface area contributed by atoms with Gasteiger partial charge in [-0.1, -0.05) is 0 Å². The van der Waals surface area contributed by atoms with Gasteiger partial charge in [-0.2, -0.15) is 0 Å². The van der Waals surface area contributed by atoms with Crippen LogP contribution < -0.4 is 24.8 Å². The van der Waals surface area contributed by atoms with Gasteiger partial charge in [-0.15, -0.1) is 0 Å². The van der Waals surface area contributed by atoms with Gasteiger partial charge in [-0.25, -0.2) is 0 Å². The SMILES string of the molecule is CC1C2=CC3=C(CCCC3)[CH]2[Zr+2][CH]2C1=CC1=C2CCCC1.[Cl-].[Cl-]. The van der Waals surface area contributed by atoms with Crippen molar-refractivity contribution in [2.24, 2.45) is 5.92 Å². The van der Waals surface area contributed by atoms with E-state index in [9.17, 15) is 0 Å². The molecule has 1 heterocycles. The van der Waals surface area contributed by atoms with E-state index in [1.165, 1.54) is 51.4 Å². The second kappa shape index (κ2) is 6.97.